The third-order valence-electron chi connectivity index (χ3n) is 3.56. The lowest BCUT2D eigenvalue weighted by molar-refractivity contribution is -0.137. The Morgan fingerprint density at radius 3 is 2.76 bits per heavy atom. The van der Waals surface area contributed by atoms with E-state index in [1.807, 2.05) is 0 Å². The molecule has 0 saturated carbocycles. The Morgan fingerprint density at radius 1 is 1.33 bits per heavy atom. The fraction of sp³-hybridized carbons (Fsp3) is 0.533. The number of halogens is 3. The summed E-state index contributed by atoms with van der Waals surface area (Å²) in [4.78, 5) is 0. The van der Waals surface area contributed by atoms with Crippen molar-refractivity contribution < 1.29 is 17.9 Å². The molecule has 6 heteroatoms. The van der Waals surface area contributed by atoms with Crippen LogP contribution in [0.1, 0.15) is 36.8 Å². The quantitative estimate of drug-likeness (QED) is 0.925. The molecule has 0 amide bonds. The van der Waals surface area contributed by atoms with Crippen LogP contribution in [0.4, 0.5) is 13.2 Å². The van der Waals surface area contributed by atoms with Gasteiger partial charge in [0.15, 0.2) is 0 Å². The molecule has 114 valence electrons. The molecule has 1 aromatic rings. The molecule has 1 aromatic carbocycles. The van der Waals surface area contributed by atoms with Crippen LogP contribution >= 0.6 is 0 Å². The van der Waals surface area contributed by atoms with Gasteiger partial charge in [0.1, 0.15) is 5.75 Å². The molecule has 1 aliphatic heterocycles. The van der Waals surface area contributed by atoms with Crippen LogP contribution in [-0.2, 0) is 6.18 Å². The largest absolute Gasteiger partial charge is 0.494 e. The highest BCUT2D eigenvalue weighted by molar-refractivity contribution is 5.44. The Morgan fingerprint density at radius 2 is 2.14 bits per heavy atom. The van der Waals surface area contributed by atoms with Crippen LogP contribution in [0.5, 0.6) is 5.75 Å². The van der Waals surface area contributed by atoms with E-state index in [0.29, 0.717) is 12.6 Å². The first-order valence-electron chi connectivity index (χ1n) is 6.98. The van der Waals surface area contributed by atoms with Crippen molar-refractivity contribution in [2.75, 3.05) is 13.2 Å². The van der Waals surface area contributed by atoms with Crippen molar-refractivity contribution in [3.05, 3.63) is 29.3 Å². The number of nitriles is 1. The van der Waals surface area contributed by atoms with Crippen LogP contribution in [0.25, 0.3) is 0 Å². The molecule has 21 heavy (non-hydrogen) atoms. The Hall–Kier alpha value is -1.74. The molecule has 1 unspecified atom stereocenters. The highest BCUT2D eigenvalue weighted by atomic mass is 19.4. The van der Waals surface area contributed by atoms with Gasteiger partial charge in [-0.05, 0) is 44.0 Å². The van der Waals surface area contributed by atoms with Crippen LogP contribution in [0.2, 0.25) is 0 Å². The minimum atomic E-state index is -4.55. The van der Waals surface area contributed by atoms with E-state index in [2.05, 4.69) is 5.32 Å². The summed E-state index contributed by atoms with van der Waals surface area (Å²) in [6.07, 6.45) is -0.365. The van der Waals surface area contributed by atoms with E-state index >= 15 is 0 Å². The summed E-state index contributed by atoms with van der Waals surface area (Å²) in [5, 5.41) is 12.1. The third kappa shape index (κ3) is 4.36. The number of hydrogen-bond donors (Lipinski definition) is 1. The van der Waals surface area contributed by atoms with Gasteiger partial charge < -0.3 is 10.1 Å². The highest BCUT2D eigenvalue weighted by Gasteiger charge is 2.34. The van der Waals surface area contributed by atoms with Crippen molar-refractivity contribution in [1.82, 2.24) is 5.32 Å². The number of piperidine rings is 1. The monoisotopic (exact) mass is 298 g/mol. The fourth-order valence-electron chi connectivity index (χ4n) is 2.43. The van der Waals surface area contributed by atoms with Crippen molar-refractivity contribution in [3.63, 3.8) is 0 Å². The van der Waals surface area contributed by atoms with Gasteiger partial charge >= 0.3 is 6.18 Å². The molecule has 3 nitrogen and oxygen atoms in total. The summed E-state index contributed by atoms with van der Waals surface area (Å²) in [6.45, 7) is 1.35. The van der Waals surface area contributed by atoms with Crippen LogP contribution in [0.3, 0.4) is 0 Å². The number of alkyl halides is 3. The molecule has 0 spiro atoms. The van der Waals surface area contributed by atoms with Gasteiger partial charge in [-0.1, -0.05) is 6.42 Å². The van der Waals surface area contributed by atoms with Gasteiger partial charge in [-0.15, -0.1) is 0 Å². The lowest BCUT2D eigenvalue weighted by Crippen LogP contribution is -2.35. The second-order valence-corrected chi connectivity index (χ2v) is 5.10. The van der Waals surface area contributed by atoms with Crippen LogP contribution in [-0.4, -0.2) is 19.2 Å². The Bertz CT molecular complexity index is 517. The first kappa shape index (κ1) is 15.6. The Balaban J connectivity index is 1.96. The summed E-state index contributed by atoms with van der Waals surface area (Å²) >= 11 is 0. The number of ether oxygens (including phenoxy) is 1. The lowest BCUT2D eigenvalue weighted by atomic mass is 10.0. The average Bonchev–Trinajstić information content (AvgIpc) is 2.47. The molecule has 2 rings (SSSR count). The van der Waals surface area contributed by atoms with Crippen molar-refractivity contribution in [1.29, 1.82) is 5.26 Å². The number of nitrogens with zero attached hydrogens (tertiary/aromatic N) is 1. The van der Waals surface area contributed by atoms with Crippen LogP contribution in [0.15, 0.2) is 18.2 Å². The van der Waals surface area contributed by atoms with Gasteiger partial charge in [0.25, 0.3) is 0 Å². The molecule has 0 bridgehead atoms. The van der Waals surface area contributed by atoms with E-state index in [1.165, 1.54) is 18.9 Å². The molecule has 0 radical (unpaired) electrons. The average molecular weight is 298 g/mol. The maximum atomic E-state index is 12.8. The van der Waals surface area contributed by atoms with Gasteiger partial charge in [-0.3, -0.25) is 0 Å². The standard InChI is InChI=1S/C15H17F3N2O/c16-15(17,18)14-9-13(5-4-11(14)10-19)21-8-6-12-3-1-2-7-20-12/h4-5,9,12,20H,1-3,6-8H2. The van der Waals surface area contributed by atoms with E-state index in [4.69, 9.17) is 10.00 Å². The second kappa shape index (κ2) is 6.81. The summed E-state index contributed by atoms with van der Waals surface area (Å²) in [5.41, 5.74) is -1.33. The summed E-state index contributed by atoms with van der Waals surface area (Å²) in [6, 6.07) is 5.38. The van der Waals surface area contributed by atoms with Gasteiger partial charge in [0.2, 0.25) is 0 Å². The normalized spacial score (nSPS) is 19.0. The van der Waals surface area contributed by atoms with E-state index < -0.39 is 11.7 Å². The van der Waals surface area contributed by atoms with Gasteiger partial charge in [-0.25, -0.2) is 0 Å². The van der Waals surface area contributed by atoms with E-state index in [0.717, 1.165) is 31.5 Å². The van der Waals surface area contributed by atoms with E-state index in [9.17, 15) is 13.2 Å². The van der Waals surface area contributed by atoms with Crippen molar-refractivity contribution in [2.24, 2.45) is 0 Å². The maximum absolute atomic E-state index is 12.8. The summed E-state index contributed by atoms with van der Waals surface area (Å²) in [5.74, 6) is 0.150. The molecule has 1 aliphatic rings. The maximum Gasteiger partial charge on any atom is 0.417 e. The smallest absolute Gasteiger partial charge is 0.417 e. The van der Waals surface area contributed by atoms with Gasteiger partial charge in [0, 0.05) is 6.04 Å². The van der Waals surface area contributed by atoms with Gasteiger partial charge in [-0.2, -0.15) is 18.4 Å². The summed E-state index contributed by atoms with van der Waals surface area (Å²) in [7, 11) is 0. The van der Waals surface area contributed by atoms with E-state index in [1.54, 1.807) is 6.07 Å². The molecule has 0 aliphatic carbocycles. The van der Waals surface area contributed by atoms with E-state index in [-0.39, 0.29) is 11.3 Å². The summed E-state index contributed by atoms with van der Waals surface area (Å²) < 4.78 is 43.8. The number of rotatable bonds is 4. The topological polar surface area (TPSA) is 45.0 Å². The third-order valence-corrected chi connectivity index (χ3v) is 3.56. The highest BCUT2D eigenvalue weighted by Crippen LogP contribution is 2.34. The van der Waals surface area contributed by atoms with Crippen LogP contribution < -0.4 is 10.1 Å². The zero-order chi connectivity index (χ0) is 15.3. The molecule has 1 fully saturated rings. The number of benzene rings is 1. The number of hydrogen-bond acceptors (Lipinski definition) is 3. The molecule has 1 atom stereocenters. The first-order valence-corrected chi connectivity index (χ1v) is 6.98. The molecule has 1 saturated heterocycles. The Labute approximate surface area is 121 Å². The molecule has 0 aromatic heterocycles. The zero-order valence-corrected chi connectivity index (χ0v) is 11.5. The molecule has 1 N–H and O–H groups in total. The lowest BCUT2D eigenvalue weighted by Gasteiger charge is -2.23. The van der Waals surface area contributed by atoms with Gasteiger partial charge in [0.05, 0.1) is 23.8 Å². The van der Waals surface area contributed by atoms with Crippen molar-refractivity contribution in [3.8, 4) is 11.8 Å². The molecular weight excluding hydrogens is 281 g/mol. The zero-order valence-electron chi connectivity index (χ0n) is 11.5. The second-order valence-electron chi connectivity index (χ2n) is 5.10. The van der Waals surface area contributed by atoms with Crippen LogP contribution in [0, 0.1) is 11.3 Å². The molecule has 1 heterocycles. The predicted octanol–water partition coefficient (Wildman–Crippen LogP) is 3.49. The predicted molar refractivity (Wildman–Crippen MR) is 71.9 cm³/mol. The first-order chi connectivity index (χ1) is 10.0. The number of nitrogens with one attached hydrogen (secondary N) is 1. The minimum Gasteiger partial charge on any atom is -0.494 e. The molecular formula is C15H17F3N2O. The fourth-order valence-corrected chi connectivity index (χ4v) is 2.43. The SMILES string of the molecule is N#Cc1ccc(OCCC2CCCCN2)cc1C(F)(F)F. The minimum absolute atomic E-state index is 0.150. The Kier molecular flexibility index (Phi) is 5.07. The van der Waals surface area contributed by atoms with Crippen molar-refractivity contribution >= 4 is 0 Å². The van der Waals surface area contributed by atoms with Crippen molar-refractivity contribution in [2.45, 2.75) is 37.9 Å².